The van der Waals surface area contributed by atoms with Crippen molar-refractivity contribution in [1.82, 2.24) is 0 Å². The van der Waals surface area contributed by atoms with Gasteiger partial charge in [-0.2, -0.15) is 0 Å². The molecule has 0 amide bonds. The zero-order valence-corrected chi connectivity index (χ0v) is 11.2. The Morgan fingerprint density at radius 2 is 1.88 bits per heavy atom. The minimum Gasteiger partial charge on any atom is -0.322 e. The molecule has 17 heavy (non-hydrogen) atoms. The van der Waals surface area contributed by atoms with E-state index in [0.29, 0.717) is 6.42 Å². The van der Waals surface area contributed by atoms with Crippen LogP contribution in [0.5, 0.6) is 0 Å². The Balaban J connectivity index is 3.60. The zero-order valence-electron chi connectivity index (χ0n) is 10.3. The predicted octanol–water partition coefficient (Wildman–Crippen LogP) is 3.19. The van der Waals surface area contributed by atoms with Crippen LogP contribution in [0.2, 0.25) is 0 Å². The third kappa shape index (κ3) is 10.2. The Bertz CT molecular complexity index is 277. The highest BCUT2D eigenvalue weighted by atomic mass is 31.2. The molecule has 0 saturated heterocycles. The van der Waals surface area contributed by atoms with Crippen molar-refractivity contribution in [2.75, 3.05) is 6.16 Å². The van der Waals surface area contributed by atoms with Crippen LogP contribution in [0.3, 0.4) is 0 Å². The summed E-state index contributed by atoms with van der Waals surface area (Å²) in [5.41, 5.74) is 0. The molecule has 6 heteroatoms. The van der Waals surface area contributed by atoms with Crippen molar-refractivity contribution in [1.29, 1.82) is 0 Å². The van der Waals surface area contributed by atoms with Gasteiger partial charge in [0, 0.05) is 6.08 Å². The molecule has 0 rings (SSSR count). The molecule has 0 aliphatic rings. The van der Waals surface area contributed by atoms with E-state index in [1.165, 1.54) is 12.8 Å². The van der Waals surface area contributed by atoms with Crippen LogP contribution in [0, 0.1) is 0 Å². The molecule has 0 spiro atoms. The average Bonchev–Trinajstić information content (AvgIpc) is 2.30. The van der Waals surface area contributed by atoms with E-state index in [4.69, 9.17) is 0 Å². The van der Waals surface area contributed by atoms with E-state index >= 15 is 0 Å². The van der Waals surface area contributed by atoms with Crippen molar-refractivity contribution in [3.63, 3.8) is 0 Å². The highest BCUT2D eigenvalue weighted by molar-refractivity contribution is 7.52. The summed E-state index contributed by atoms with van der Waals surface area (Å²) in [6.07, 6.45) is 6.86. The quantitative estimate of drug-likeness (QED) is 0.216. The van der Waals surface area contributed by atoms with Crippen molar-refractivity contribution in [2.24, 2.45) is 0 Å². The van der Waals surface area contributed by atoms with E-state index in [9.17, 15) is 14.3 Å². The van der Waals surface area contributed by atoms with Crippen LogP contribution in [-0.2, 0) is 18.9 Å². The predicted molar refractivity (Wildman–Crippen MR) is 65.4 cm³/mol. The summed E-state index contributed by atoms with van der Waals surface area (Å²) in [6.45, 7) is 5.27. The van der Waals surface area contributed by atoms with Crippen molar-refractivity contribution >= 4 is 13.6 Å². The van der Waals surface area contributed by atoms with Gasteiger partial charge in [-0.25, -0.2) is 4.79 Å². The summed E-state index contributed by atoms with van der Waals surface area (Å²) >= 11 is 0. The first-order valence-electron chi connectivity index (χ1n) is 5.86. The average molecular weight is 264 g/mol. The molecule has 5 nitrogen and oxygen atoms in total. The SMILES string of the molecule is C=CC(=O)OOP(=O)(O)CCCCCCCC. The summed E-state index contributed by atoms with van der Waals surface area (Å²) in [7, 11) is -3.81. The molecule has 0 aliphatic carbocycles. The van der Waals surface area contributed by atoms with Crippen LogP contribution in [-0.4, -0.2) is 17.0 Å². The molecule has 0 bridgehead atoms. The van der Waals surface area contributed by atoms with Gasteiger partial charge in [-0.3, -0.25) is 9.45 Å². The maximum Gasteiger partial charge on any atom is 0.366 e. The molecular formula is C11H21O5P. The summed E-state index contributed by atoms with van der Waals surface area (Å²) in [5, 5.41) is 0. The molecule has 0 heterocycles. The fraction of sp³-hybridized carbons (Fsp3) is 0.727. The van der Waals surface area contributed by atoms with Crippen LogP contribution in [0.25, 0.3) is 0 Å². The Morgan fingerprint density at radius 1 is 1.29 bits per heavy atom. The first-order valence-corrected chi connectivity index (χ1v) is 7.62. The lowest BCUT2D eigenvalue weighted by Gasteiger charge is -2.09. The van der Waals surface area contributed by atoms with Gasteiger partial charge in [0.15, 0.2) is 0 Å². The second-order valence-electron chi connectivity index (χ2n) is 3.81. The minimum absolute atomic E-state index is 0.00352. The summed E-state index contributed by atoms with van der Waals surface area (Å²) in [6, 6.07) is 0. The van der Waals surface area contributed by atoms with Gasteiger partial charge in [-0.15, -0.1) is 0 Å². The van der Waals surface area contributed by atoms with Crippen LogP contribution in [0.1, 0.15) is 45.4 Å². The number of unbranched alkanes of at least 4 members (excludes halogenated alkanes) is 5. The summed E-state index contributed by atoms with van der Waals surface area (Å²) in [4.78, 5) is 24.0. The van der Waals surface area contributed by atoms with Crippen LogP contribution >= 0.6 is 7.60 Å². The minimum atomic E-state index is -3.81. The maximum absolute atomic E-state index is 11.3. The molecule has 1 atom stereocenters. The first kappa shape index (κ1) is 16.4. The van der Waals surface area contributed by atoms with Crippen LogP contribution in [0.15, 0.2) is 12.7 Å². The monoisotopic (exact) mass is 264 g/mol. The van der Waals surface area contributed by atoms with Gasteiger partial charge in [0.2, 0.25) is 0 Å². The summed E-state index contributed by atoms with van der Waals surface area (Å²) in [5.74, 6) is -0.873. The maximum atomic E-state index is 11.3. The molecule has 0 aromatic carbocycles. The van der Waals surface area contributed by atoms with Gasteiger partial charge in [-0.1, -0.05) is 50.3 Å². The Morgan fingerprint density at radius 3 is 2.47 bits per heavy atom. The number of carbonyl (C=O) groups excluding carboxylic acids is 1. The molecule has 100 valence electrons. The lowest BCUT2D eigenvalue weighted by Crippen LogP contribution is -2.02. The van der Waals surface area contributed by atoms with Crippen molar-refractivity contribution < 1.29 is 23.8 Å². The molecule has 1 unspecified atom stereocenters. The highest BCUT2D eigenvalue weighted by Crippen LogP contribution is 2.43. The van der Waals surface area contributed by atoms with E-state index in [1.54, 1.807) is 0 Å². The summed E-state index contributed by atoms with van der Waals surface area (Å²) < 4.78 is 15.5. The zero-order chi connectivity index (χ0) is 13.1. The number of carbonyl (C=O) groups is 1. The molecule has 0 radical (unpaired) electrons. The largest absolute Gasteiger partial charge is 0.366 e. The fourth-order valence-electron chi connectivity index (χ4n) is 1.26. The van der Waals surface area contributed by atoms with Gasteiger partial charge in [0.05, 0.1) is 6.16 Å². The highest BCUT2D eigenvalue weighted by Gasteiger charge is 2.21. The van der Waals surface area contributed by atoms with E-state index in [2.05, 4.69) is 23.1 Å². The molecule has 0 saturated carbocycles. The Kier molecular flexibility index (Phi) is 9.04. The Hall–Kier alpha value is -0.640. The molecule has 0 aliphatic heterocycles. The van der Waals surface area contributed by atoms with Crippen molar-refractivity contribution in [2.45, 2.75) is 45.4 Å². The molecule has 0 fully saturated rings. The first-order chi connectivity index (χ1) is 8.02. The number of hydrogen-bond acceptors (Lipinski definition) is 4. The number of rotatable bonds is 10. The van der Waals surface area contributed by atoms with Crippen molar-refractivity contribution in [3.8, 4) is 0 Å². The van der Waals surface area contributed by atoms with Crippen LogP contribution < -0.4 is 0 Å². The van der Waals surface area contributed by atoms with Gasteiger partial charge in [0.1, 0.15) is 0 Å². The fourth-order valence-corrected chi connectivity index (χ4v) is 2.15. The topological polar surface area (TPSA) is 72.8 Å². The van der Waals surface area contributed by atoms with Gasteiger partial charge < -0.3 is 4.89 Å². The second-order valence-corrected chi connectivity index (χ2v) is 5.68. The Labute approximate surface area is 102 Å². The molecule has 0 aromatic rings. The van der Waals surface area contributed by atoms with Crippen molar-refractivity contribution in [3.05, 3.63) is 12.7 Å². The number of hydrogen-bond donors (Lipinski definition) is 1. The lowest BCUT2D eigenvalue weighted by molar-refractivity contribution is -0.210. The normalized spacial score (nSPS) is 14.0. The van der Waals surface area contributed by atoms with E-state index in [0.717, 1.165) is 25.3 Å². The van der Waals surface area contributed by atoms with Gasteiger partial charge in [-0.05, 0) is 6.42 Å². The smallest absolute Gasteiger partial charge is 0.322 e. The standard InChI is InChI=1S/C11H21O5P/c1-3-5-6-7-8-9-10-17(13,14)16-15-11(12)4-2/h4H,2-3,5-10H2,1H3,(H,13,14). The van der Waals surface area contributed by atoms with E-state index < -0.39 is 13.6 Å². The third-order valence-electron chi connectivity index (χ3n) is 2.20. The third-order valence-corrected chi connectivity index (χ3v) is 3.39. The van der Waals surface area contributed by atoms with Gasteiger partial charge >= 0.3 is 13.6 Å². The second kappa shape index (κ2) is 9.40. The lowest BCUT2D eigenvalue weighted by atomic mass is 10.1. The van der Waals surface area contributed by atoms with Crippen LogP contribution in [0.4, 0.5) is 0 Å². The molecule has 0 aromatic heterocycles. The van der Waals surface area contributed by atoms with Gasteiger partial charge in [0.25, 0.3) is 0 Å². The molecular weight excluding hydrogens is 243 g/mol. The van der Waals surface area contributed by atoms with E-state index in [1.807, 2.05) is 0 Å². The van der Waals surface area contributed by atoms with E-state index in [-0.39, 0.29) is 6.16 Å². The molecule has 1 N–H and O–H groups in total.